The number of halogens is 1. The first-order chi connectivity index (χ1) is 9.89. The molecule has 1 aromatic rings. The molecule has 0 bridgehead atoms. The maximum absolute atomic E-state index is 12.4. The van der Waals surface area contributed by atoms with Crippen molar-refractivity contribution in [1.82, 2.24) is 4.90 Å². The lowest BCUT2D eigenvalue weighted by atomic mass is 10.0. The van der Waals surface area contributed by atoms with Gasteiger partial charge in [-0.1, -0.05) is 28.1 Å². The number of hydrogen-bond donors (Lipinski definition) is 1. The van der Waals surface area contributed by atoms with Crippen LogP contribution >= 0.6 is 15.9 Å². The Kier molecular flexibility index (Phi) is 5.41. The van der Waals surface area contributed by atoms with Crippen molar-refractivity contribution in [2.75, 3.05) is 19.7 Å². The third kappa shape index (κ3) is 4.80. The van der Waals surface area contributed by atoms with Gasteiger partial charge >= 0.3 is 0 Å². The molecule has 1 unspecified atom stereocenters. The monoisotopic (exact) mass is 355 g/mol. The zero-order valence-electron chi connectivity index (χ0n) is 12.5. The third-order valence-corrected chi connectivity index (χ3v) is 4.05. The van der Waals surface area contributed by atoms with Crippen molar-refractivity contribution in [2.45, 2.75) is 38.4 Å². The summed E-state index contributed by atoms with van der Waals surface area (Å²) in [6.07, 6.45) is 0.911. The maximum atomic E-state index is 12.4. The quantitative estimate of drug-likeness (QED) is 0.901. The van der Waals surface area contributed by atoms with Gasteiger partial charge in [-0.3, -0.25) is 4.79 Å². The van der Waals surface area contributed by atoms with Gasteiger partial charge in [-0.15, -0.1) is 0 Å². The summed E-state index contributed by atoms with van der Waals surface area (Å²) in [6.45, 7) is 4.88. The van der Waals surface area contributed by atoms with Gasteiger partial charge in [0.05, 0.1) is 18.3 Å². The molecule has 1 aromatic carbocycles. The van der Waals surface area contributed by atoms with Crippen LogP contribution in [0.5, 0.6) is 0 Å². The van der Waals surface area contributed by atoms with Gasteiger partial charge in [-0.25, -0.2) is 0 Å². The molecule has 0 saturated carbocycles. The van der Waals surface area contributed by atoms with E-state index in [4.69, 9.17) is 4.74 Å². The van der Waals surface area contributed by atoms with Crippen LogP contribution in [0.15, 0.2) is 28.7 Å². The van der Waals surface area contributed by atoms with Crippen LogP contribution in [0.25, 0.3) is 0 Å². The highest BCUT2D eigenvalue weighted by molar-refractivity contribution is 9.10. The van der Waals surface area contributed by atoms with Crippen LogP contribution in [0.2, 0.25) is 0 Å². The topological polar surface area (TPSA) is 49.8 Å². The molecule has 21 heavy (non-hydrogen) atoms. The SMILES string of the molecule is CC1(C)CN(C(=O)CCc2cccc(Br)c2)CC(CO)O1. The number of aliphatic hydroxyl groups excluding tert-OH is 1. The number of hydrogen-bond acceptors (Lipinski definition) is 3. The smallest absolute Gasteiger partial charge is 0.223 e. The number of nitrogens with zero attached hydrogens (tertiary/aromatic N) is 1. The number of carbonyl (C=O) groups is 1. The predicted molar refractivity (Wildman–Crippen MR) is 85.1 cm³/mol. The Hall–Kier alpha value is -0.910. The first kappa shape index (κ1) is 16.5. The summed E-state index contributed by atoms with van der Waals surface area (Å²) in [7, 11) is 0. The molecule has 4 nitrogen and oxygen atoms in total. The largest absolute Gasteiger partial charge is 0.394 e. The minimum atomic E-state index is -0.406. The summed E-state index contributed by atoms with van der Waals surface area (Å²) >= 11 is 3.44. The minimum absolute atomic E-state index is 0.0567. The molecule has 0 aliphatic carbocycles. The summed E-state index contributed by atoms with van der Waals surface area (Å²) in [5.41, 5.74) is 0.737. The lowest BCUT2D eigenvalue weighted by Crippen LogP contribution is -2.55. The second-order valence-electron chi connectivity index (χ2n) is 6.09. The van der Waals surface area contributed by atoms with E-state index in [9.17, 15) is 9.90 Å². The van der Waals surface area contributed by atoms with Gasteiger partial charge in [0.2, 0.25) is 5.91 Å². The van der Waals surface area contributed by atoms with Crippen molar-refractivity contribution >= 4 is 21.8 Å². The van der Waals surface area contributed by atoms with E-state index in [1.165, 1.54) is 0 Å². The van der Waals surface area contributed by atoms with Gasteiger partial charge < -0.3 is 14.7 Å². The Morgan fingerprint density at radius 2 is 2.29 bits per heavy atom. The van der Waals surface area contributed by atoms with Crippen LogP contribution in [0.4, 0.5) is 0 Å². The Bertz CT molecular complexity index is 504. The molecule has 0 spiro atoms. The lowest BCUT2D eigenvalue weighted by molar-refractivity contribution is -0.166. The first-order valence-electron chi connectivity index (χ1n) is 7.20. The highest BCUT2D eigenvalue weighted by atomic mass is 79.9. The number of ether oxygens (including phenoxy) is 1. The Balaban J connectivity index is 1.93. The molecule has 1 aliphatic heterocycles. The molecule has 2 rings (SSSR count). The van der Waals surface area contributed by atoms with Gasteiger partial charge in [-0.2, -0.15) is 0 Å². The van der Waals surface area contributed by atoms with Gasteiger partial charge in [0.1, 0.15) is 0 Å². The van der Waals surface area contributed by atoms with Crippen molar-refractivity contribution < 1.29 is 14.6 Å². The van der Waals surface area contributed by atoms with E-state index in [1.807, 2.05) is 43.0 Å². The average molecular weight is 356 g/mol. The third-order valence-electron chi connectivity index (χ3n) is 3.55. The van der Waals surface area contributed by atoms with E-state index in [1.54, 1.807) is 0 Å². The van der Waals surface area contributed by atoms with Gasteiger partial charge in [0.25, 0.3) is 0 Å². The van der Waals surface area contributed by atoms with Crippen LogP contribution < -0.4 is 0 Å². The Morgan fingerprint density at radius 3 is 2.95 bits per heavy atom. The molecule has 1 fully saturated rings. The van der Waals surface area contributed by atoms with Gasteiger partial charge in [0.15, 0.2) is 0 Å². The zero-order chi connectivity index (χ0) is 15.5. The molecular formula is C16H22BrNO3. The number of aryl methyl sites for hydroxylation is 1. The van der Waals surface area contributed by atoms with Crippen molar-refractivity contribution in [3.63, 3.8) is 0 Å². The standard InChI is InChI=1S/C16H22BrNO3/c1-16(2)11-18(9-14(10-19)21-16)15(20)7-6-12-4-3-5-13(17)8-12/h3-5,8,14,19H,6-7,9-11H2,1-2H3. The van der Waals surface area contributed by atoms with Crippen LogP contribution in [-0.2, 0) is 16.0 Å². The fourth-order valence-electron chi connectivity index (χ4n) is 2.68. The molecule has 1 amide bonds. The van der Waals surface area contributed by atoms with Crippen LogP contribution in [0.1, 0.15) is 25.8 Å². The summed E-state index contributed by atoms with van der Waals surface area (Å²) in [6, 6.07) is 8.01. The molecule has 1 heterocycles. The van der Waals surface area contributed by atoms with E-state index in [0.29, 0.717) is 19.5 Å². The second-order valence-corrected chi connectivity index (χ2v) is 7.00. The number of carbonyl (C=O) groups excluding carboxylic acids is 1. The van der Waals surface area contributed by atoms with E-state index in [-0.39, 0.29) is 18.6 Å². The predicted octanol–water partition coefficient (Wildman–Crippen LogP) is 2.38. The lowest BCUT2D eigenvalue weighted by Gasteiger charge is -2.42. The Morgan fingerprint density at radius 1 is 1.52 bits per heavy atom. The highest BCUT2D eigenvalue weighted by Gasteiger charge is 2.34. The molecule has 0 radical (unpaired) electrons. The zero-order valence-corrected chi connectivity index (χ0v) is 14.1. The number of amides is 1. The molecule has 1 N–H and O–H groups in total. The van der Waals surface area contributed by atoms with Gasteiger partial charge in [-0.05, 0) is 38.0 Å². The van der Waals surface area contributed by atoms with Crippen LogP contribution in [0.3, 0.4) is 0 Å². The van der Waals surface area contributed by atoms with Gasteiger partial charge in [0, 0.05) is 24.0 Å². The van der Waals surface area contributed by atoms with E-state index in [0.717, 1.165) is 16.5 Å². The second kappa shape index (κ2) is 6.90. The van der Waals surface area contributed by atoms with E-state index >= 15 is 0 Å². The van der Waals surface area contributed by atoms with Crippen molar-refractivity contribution in [3.05, 3.63) is 34.3 Å². The fraction of sp³-hybridized carbons (Fsp3) is 0.562. The summed E-state index contributed by atoms with van der Waals surface area (Å²) < 4.78 is 6.76. The molecule has 1 atom stereocenters. The molecule has 5 heteroatoms. The highest BCUT2D eigenvalue weighted by Crippen LogP contribution is 2.22. The van der Waals surface area contributed by atoms with E-state index in [2.05, 4.69) is 15.9 Å². The Labute approximate surface area is 134 Å². The summed E-state index contributed by atoms with van der Waals surface area (Å²) in [5, 5.41) is 9.29. The number of aliphatic hydroxyl groups is 1. The normalized spacial score (nSPS) is 21.3. The van der Waals surface area contributed by atoms with Crippen LogP contribution in [-0.4, -0.2) is 47.3 Å². The average Bonchev–Trinajstić information content (AvgIpc) is 2.43. The molecule has 0 aromatic heterocycles. The van der Waals surface area contributed by atoms with Crippen LogP contribution in [0, 0.1) is 0 Å². The van der Waals surface area contributed by atoms with Crippen molar-refractivity contribution in [1.29, 1.82) is 0 Å². The molecular weight excluding hydrogens is 334 g/mol. The summed E-state index contributed by atoms with van der Waals surface area (Å²) in [5.74, 6) is 0.116. The summed E-state index contributed by atoms with van der Waals surface area (Å²) in [4.78, 5) is 14.2. The number of benzene rings is 1. The minimum Gasteiger partial charge on any atom is -0.394 e. The van der Waals surface area contributed by atoms with E-state index < -0.39 is 5.60 Å². The first-order valence-corrected chi connectivity index (χ1v) is 8.00. The number of morpholine rings is 1. The molecule has 116 valence electrons. The van der Waals surface area contributed by atoms with Crippen molar-refractivity contribution in [3.8, 4) is 0 Å². The molecule has 1 aliphatic rings. The maximum Gasteiger partial charge on any atom is 0.223 e. The fourth-order valence-corrected chi connectivity index (χ4v) is 3.13. The molecule has 1 saturated heterocycles. The number of rotatable bonds is 4. The van der Waals surface area contributed by atoms with Crippen molar-refractivity contribution in [2.24, 2.45) is 0 Å².